The Bertz CT molecular complexity index is 1220. The molecule has 0 radical (unpaired) electrons. The number of phenols is 2. The highest BCUT2D eigenvalue weighted by Gasteiger charge is 2.44. The number of rotatable bonds is 5. The van der Waals surface area contributed by atoms with Crippen LogP contribution in [0.1, 0.15) is 0 Å². The van der Waals surface area contributed by atoms with E-state index in [-0.39, 0.29) is 34.0 Å². The molecule has 0 spiro atoms. The monoisotopic (exact) mass is 462 g/mol. The fourth-order valence-corrected chi connectivity index (χ4v) is 3.58. The van der Waals surface area contributed by atoms with Crippen molar-refractivity contribution in [2.24, 2.45) is 0 Å². The summed E-state index contributed by atoms with van der Waals surface area (Å²) in [6, 6.07) is 7.90. The quantitative estimate of drug-likeness (QED) is 0.302. The van der Waals surface area contributed by atoms with E-state index >= 15 is 0 Å². The molecule has 3 aromatic rings. The van der Waals surface area contributed by atoms with Gasteiger partial charge in [-0.1, -0.05) is 0 Å². The average Bonchev–Trinajstić information content (AvgIpc) is 2.79. The van der Waals surface area contributed by atoms with Gasteiger partial charge in [-0.15, -0.1) is 0 Å². The molecular formula is C22H22O11. The Hall–Kier alpha value is -3.35. The van der Waals surface area contributed by atoms with Crippen molar-refractivity contribution in [1.82, 2.24) is 0 Å². The van der Waals surface area contributed by atoms with E-state index in [1.807, 2.05) is 0 Å². The molecule has 2 aromatic carbocycles. The van der Waals surface area contributed by atoms with Gasteiger partial charge in [-0.05, 0) is 18.2 Å². The molecule has 176 valence electrons. The van der Waals surface area contributed by atoms with Gasteiger partial charge in [0.1, 0.15) is 52.6 Å². The summed E-state index contributed by atoms with van der Waals surface area (Å²) in [4.78, 5) is 12.6. The first kappa shape index (κ1) is 22.8. The topological polar surface area (TPSA) is 179 Å². The van der Waals surface area contributed by atoms with Crippen molar-refractivity contribution in [3.8, 4) is 34.3 Å². The van der Waals surface area contributed by atoms with Gasteiger partial charge in [0, 0.05) is 23.8 Å². The van der Waals surface area contributed by atoms with Crippen LogP contribution < -0.4 is 14.9 Å². The van der Waals surface area contributed by atoms with E-state index in [9.17, 15) is 35.4 Å². The SMILES string of the molecule is COc1cc(-c2cc(=O)c3c(O)cc(OC4O[C@H](CO)[C@@H](O)[C@H](O)[C@H]4O)cc3o2)ccc1O. The number of fused-ring (bicyclic) bond motifs is 1. The van der Waals surface area contributed by atoms with Crippen LogP contribution >= 0.6 is 0 Å². The van der Waals surface area contributed by atoms with Gasteiger partial charge in [-0.3, -0.25) is 4.79 Å². The van der Waals surface area contributed by atoms with Gasteiger partial charge in [-0.2, -0.15) is 0 Å². The highest BCUT2D eigenvalue weighted by molar-refractivity contribution is 5.86. The number of phenolic OH excluding ortho intramolecular Hbond substituents is 2. The Balaban J connectivity index is 1.72. The summed E-state index contributed by atoms with van der Waals surface area (Å²) >= 11 is 0. The molecule has 0 amide bonds. The molecule has 5 atom stereocenters. The van der Waals surface area contributed by atoms with Crippen molar-refractivity contribution >= 4 is 11.0 Å². The van der Waals surface area contributed by atoms with Gasteiger partial charge in [0.15, 0.2) is 16.9 Å². The van der Waals surface area contributed by atoms with Crippen molar-refractivity contribution in [3.05, 3.63) is 46.6 Å². The third kappa shape index (κ3) is 4.19. The second-order valence-corrected chi connectivity index (χ2v) is 7.49. The zero-order chi connectivity index (χ0) is 23.9. The highest BCUT2D eigenvalue weighted by atomic mass is 16.7. The minimum Gasteiger partial charge on any atom is -0.507 e. The van der Waals surface area contributed by atoms with Crippen LogP contribution in [0.3, 0.4) is 0 Å². The first-order chi connectivity index (χ1) is 15.7. The number of benzene rings is 2. The first-order valence-corrected chi connectivity index (χ1v) is 9.89. The molecule has 1 aromatic heterocycles. The van der Waals surface area contributed by atoms with Crippen LogP contribution in [0.25, 0.3) is 22.3 Å². The molecule has 1 unspecified atom stereocenters. The Morgan fingerprint density at radius 2 is 1.73 bits per heavy atom. The molecule has 1 aliphatic rings. The van der Waals surface area contributed by atoms with Gasteiger partial charge < -0.3 is 49.3 Å². The van der Waals surface area contributed by atoms with E-state index in [0.717, 1.165) is 6.07 Å². The second kappa shape index (κ2) is 8.89. The predicted octanol–water partition coefficient (Wildman–Crippen LogP) is 0.0585. The maximum Gasteiger partial charge on any atom is 0.229 e. The minimum absolute atomic E-state index is 0.0517. The van der Waals surface area contributed by atoms with Gasteiger partial charge in [0.05, 0.1) is 13.7 Å². The number of aliphatic hydroxyl groups excluding tert-OH is 4. The van der Waals surface area contributed by atoms with Crippen molar-refractivity contribution in [3.63, 3.8) is 0 Å². The predicted molar refractivity (Wildman–Crippen MR) is 112 cm³/mol. The first-order valence-electron chi connectivity index (χ1n) is 9.89. The molecule has 0 aliphatic carbocycles. The molecule has 1 saturated heterocycles. The molecule has 0 bridgehead atoms. The van der Waals surface area contributed by atoms with Crippen LogP contribution in [0.4, 0.5) is 0 Å². The van der Waals surface area contributed by atoms with E-state index in [2.05, 4.69) is 0 Å². The number of hydrogen-bond acceptors (Lipinski definition) is 11. The number of aliphatic hydroxyl groups is 4. The van der Waals surface area contributed by atoms with E-state index < -0.39 is 48.5 Å². The summed E-state index contributed by atoms with van der Waals surface area (Å²) in [5.41, 5.74) is -0.178. The molecule has 0 saturated carbocycles. The Morgan fingerprint density at radius 3 is 2.42 bits per heavy atom. The zero-order valence-electron chi connectivity index (χ0n) is 17.3. The molecule has 6 N–H and O–H groups in total. The fourth-order valence-electron chi connectivity index (χ4n) is 3.58. The number of ether oxygens (including phenoxy) is 3. The third-order valence-electron chi connectivity index (χ3n) is 5.35. The summed E-state index contributed by atoms with van der Waals surface area (Å²) in [6.45, 7) is -0.637. The van der Waals surface area contributed by atoms with Crippen molar-refractivity contribution < 1.29 is 49.3 Å². The normalized spacial score (nSPS) is 25.2. The highest BCUT2D eigenvalue weighted by Crippen LogP contribution is 2.35. The summed E-state index contributed by atoms with van der Waals surface area (Å²) in [7, 11) is 1.37. The molecule has 2 heterocycles. The lowest BCUT2D eigenvalue weighted by molar-refractivity contribution is -0.277. The van der Waals surface area contributed by atoms with Gasteiger partial charge in [-0.25, -0.2) is 0 Å². The summed E-state index contributed by atoms with van der Waals surface area (Å²) in [5, 5.41) is 59.3. The smallest absolute Gasteiger partial charge is 0.229 e. The van der Waals surface area contributed by atoms with E-state index in [1.54, 1.807) is 0 Å². The molecular weight excluding hydrogens is 440 g/mol. The standard InChI is InChI=1S/C22H22O11/c1-30-15-4-9(2-3-11(15)24)14-7-13(26)18-12(25)5-10(6-16(18)32-14)31-22-21(29)20(28)19(27)17(8-23)33-22/h2-7,17,19-25,27-29H,8H2,1H3/t17-,19-,20+,21-,22?/m1/s1. The Kier molecular flexibility index (Phi) is 6.15. The molecule has 33 heavy (non-hydrogen) atoms. The Labute approximate surface area is 186 Å². The van der Waals surface area contributed by atoms with E-state index in [1.165, 1.54) is 37.4 Å². The zero-order valence-corrected chi connectivity index (χ0v) is 17.3. The van der Waals surface area contributed by atoms with E-state index in [0.29, 0.717) is 5.56 Å². The fraction of sp³-hybridized carbons (Fsp3) is 0.318. The van der Waals surface area contributed by atoms with Gasteiger partial charge in [0.25, 0.3) is 0 Å². The third-order valence-corrected chi connectivity index (χ3v) is 5.35. The van der Waals surface area contributed by atoms with Crippen LogP contribution in [-0.2, 0) is 4.74 Å². The lowest BCUT2D eigenvalue weighted by Crippen LogP contribution is -2.60. The van der Waals surface area contributed by atoms with Crippen LogP contribution in [0, 0.1) is 0 Å². The molecule has 4 rings (SSSR count). The van der Waals surface area contributed by atoms with Crippen LogP contribution in [0.5, 0.6) is 23.0 Å². The second-order valence-electron chi connectivity index (χ2n) is 7.49. The Morgan fingerprint density at radius 1 is 0.970 bits per heavy atom. The van der Waals surface area contributed by atoms with Crippen molar-refractivity contribution in [1.29, 1.82) is 0 Å². The average molecular weight is 462 g/mol. The van der Waals surface area contributed by atoms with Crippen LogP contribution in [-0.4, -0.2) is 75.1 Å². The lowest BCUT2D eigenvalue weighted by atomic mass is 9.99. The van der Waals surface area contributed by atoms with Gasteiger partial charge in [0.2, 0.25) is 6.29 Å². The van der Waals surface area contributed by atoms with Crippen LogP contribution in [0.2, 0.25) is 0 Å². The number of hydrogen-bond donors (Lipinski definition) is 6. The van der Waals surface area contributed by atoms with Crippen molar-refractivity contribution in [2.45, 2.75) is 30.7 Å². The maximum absolute atomic E-state index is 12.6. The summed E-state index contributed by atoms with van der Waals surface area (Å²) < 4.78 is 21.7. The summed E-state index contributed by atoms with van der Waals surface area (Å²) in [5.74, 6) is -0.353. The molecule has 11 heteroatoms. The van der Waals surface area contributed by atoms with Crippen molar-refractivity contribution in [2.75, 3.05) is 13.7 Å². The molecule has 1 aliphatic heterocycles. The van der Waals surface area contributed by atoms with Crippen LogP contribution in [0.15, 0.2) is 45.6 Å². The lowest BCUT2D eigenvalue weighted by Gasteiger charge is -2.39. The minimum atomic E-state index is -1.66. The maximum atomic E-state index is 12.6. The van der Waals surface area contributed by atoms with E-state index in [4.69, 9.17) is 18.6 Å². The largest absolute Gasteiger partial charge is 0.507 e. The number of aromatic hydroxyl groups is 2. The number of methoxy groups -OCH3 is 1. The molecule has 11 nitrogen and oxygen atoms in total. The summed E-state index contributed by atoms with van der Waals surface area (Å²) in [6.07, 6.45) is -7.55. The van der Waals surface area contributed by atoms with Gasteiger partial charge >= 0.3 is 0 Å². The molecule has 1 fully saturated rings.